The number of nitrogens with one attached hydrogen (secondary N) is 1. The van der Waals surface area contributed by atoms with Gasteiger partial charge in [-0.2, -0.15) is 5.26 Å². The Bertz CT molecular complexity index is 573. The second-order valence-electron chi connectivity index (χ2n) is 4.46. The summed E-state index contributed by atoms with van der Waals surface area (Å²) in [6, 6.07) is 2.28. The number of rotatable bonds is 3. The minimum Gasteiger partial charge on any atom is -0.295 e. The van der Waals surface area contributed by atoms with Crippen molar-refractivity contribution >= 4 is 16.3 Å². The van der Waals surface area contributed by atoms with Crippen LogP contribution in [-0.2, 0) is 0 Å². The highest BCUT2D eigenvalue weighted by Crippen LogP contribution is 2.25. The Morgan fingerprint density at radius 2 is 2.18 bits per heavy atom. The molecule has 2 aromatic heterocycles. The van der Waals surface area contributed by atoms with Gasteiger partial charge in [-0.3, -0.25) is 9.72 Å². The molecule has 17 heavy (non-hydrogen) atoms. The third kappa shape index (κ3) is 2.06. The standard InChI is InChI=1S/C12H16N4S/c1-7(2)14-10(5-13)11-9(4)15-12-16(11)8(3)6-17-12/h6-7,10,14H,1-4H3. The van der Waals surface area contributed by atoms with Crippen LogP contribution in [0, 0.1) is 25.2 Å². The van der Waals surface area contributed by atoms with Crippen LogP contribution in [0.4, 0.5) is 0 Å². The van der Waals surface area contributed by atoms with E-state index in [1.165, 1.54) is 0 Å². The van der Waals surface area contributed by atoms with E-state index in [1.54, 1.807) is 11.3 Å². The molecule has 0 fully saturated rings. The molecular weight excluding hydrogens is 232 g/mol. The molecule has 0 aliphatic rings. The second-order valence-corrected chi connectivity index (χ2v) is 5.30. The van der Waals surface area contributed by atoms with Crippen LogP contribution in [0.3, 0.4) is 0 Å². The van der Waals surface area contributed by atoms with Crippen LogP contribution in [0.2, 0.25) is 0 Å². The molecule has 1 atom stereocenters. The molecular formula is C12H16N4S. The first kappa shape index (κ1) is 12.1. The SMILES string of the molecule is Cc1nc2scc(C)n2c1C(C#N)NC(C)C. The fraction of sp³-hybridized carbons (Fsp3) is 0.500. The maximum absolute atomic E-state index is 9.31. The lowest BCUT2D eigenvalue weighted by Gasteiger charge is -2.15. The molecule has 0 radical (unpaired) electrons. The lowest BCUT2D eigenvalue weighted by Crippen LogP contribution is -2.28. The highest BCUT2D eigenvalue weighted by molar-refractivity contribution is 7.15. The van der Waals surface area contributed by atoms with Crippen molar-refractivity contribution in [1.82, 2.24) is 14.7 Å². The molecule has 1 N–H and O–H groups in total. The lowest BCUT2D eigenvalue weighted by molar-refractivity contribution is 0.533. The van der Waals surface area contributed by atoms with E-state index in [1.807, 2.05) is 27.7 Å². The number of nitriles is 1. The van der Waals surface area contributed by atoms with Crippen LogP contribution < -0.4 is 5.32 Å². The molecule has 0 saturated carbocycles. The molecule has 0 spiro atoms. The molecule has 0 aromatic carbocycles. The third-order valence-electron chi connectivity index (χ3n) is 2.66. The molecule has 90 valence electrons. The minimum absolute atomic E-state index is 0.267. The van der Waals surface area contributed by atoms with Crippen molar-refractivity contribution in [2.75, 3.05) is 0 Å². The normalized spacial score (nSPS) is 13.2. The van der Waals surface area contributed by atoms with Crippen molar-refractivity contribution in [2.24, 2.45) is 0 Å². The van der Waals surface area contributed by atoms with Gasteiger partial charge in [-0.05, 0) is 27.7 Å². The largest absolute Gasteiger partial charge is 0.295 e. The first-order chi connectivity index (χ1) is 8.04. The van der Waals surface area contributed by atoms with Gasteiger partial charge in [0.2, 0.25) is 0 Å². The Labute approximate surface area is 105 Å². The summed E-state index contributed by atoms with van der Waals surface area (Å²) in [7, 11) is 0. The Balaban J connectivity index is 2.56. The Morgan fingerprint density at radius 1 is 1.47 bits per heavy atom. The van der Waals surface area contributed by atoms with E-state index in [2.05, 4.69) is 26.2 Å². The minimum atomic E-state index is -0.307. The summed E-state index contributed by atoms with van der Waals surface area (Å²) < 4.78 is 2.07. The molecule has 5 heteroatoms. The van der Waals surface area contributed by atoms with Gasteiger partial charge in [0, 0.05) is 17.1 Å². The fourth-order valence-electron chi connectivity index (χ4n) is 1.97. The molecule has 4 nitrogen and oxygen atoms in total. The number of aromatic nitrogens is 2. The molecule has 1 unspecified atom stereocenters. The number of hydrogen-bond donors (Lipinski definition) is 1. The van der Waals surface area contributed by atoms with Crippen molar-refractivity contribution in [3.05, 3.63) is 22.5 Å². The van der Waals surface area contributed by atoms with Crippen LogP contribution in [-0.4, -0.2) is 15.4 Å². The smallest absolute Gasteiger partial charge is 0.194 e. The third-order valence-corrected chi connectivity index (χ3v) is 3.60. The van der Waals surface area contributed by atoms with Gasteiger partial charge < -0.3 is 0 Å². The van der Waals surface area contributed by atoms with Crippen molar-refractivity contribution in [3.63, 3.8) is 0 Å². The summed E-state index contributed by atoms with van der Waals surface area (Å²) in [5.74, 6) is 0. The topological polar surface area (TPSA) is 53.1 Å². The predicted octanol–water partition coefficient (Wildman–Crippen LogP) is 2.58. The zero-order valence-corrected chi connectivity index (χ0v) is 11.3. The van der Waals surface area contributed by atoms with E-state index in [4.69, 9.17) is 0 Å². The predicted molar refractivity (Wildman–Crippen MR) is 69.2 cm³/mol. The summed E-state index contributed by atoms with van der Waals surface area (Å²) in [5.41, 5.74) is 3.03. The maximum Gasteiger partial charge on any atom is 0.194 e. The van der Waals surface area contributed by atoms with E-state index in [0.717, 1.165) is 22.0 Å². The molecule has 0 aliphatic heterocycles. The number of fused-ring (bicyclic) bond motifs is 1. The average Bonchev–Trinajstić information content (AvgIpc) is 2.75. The monoisotopic (exact) mass is 248 g/mol. The number of thiazole rings is 1. The maximum atomic E-state index is 9.31. The molecule has 0 aliphatic carbocycles. The number of imidazole rings is 1. The van der Waals surface area contributed by atoms with Gasteiger partial charge in [-0.1, -0.05) is 0 Å². The molecule has 2 aromatic rings. The van der Waals surface area contributed by atoms with Crippen LogP contribution >= 0.6 is 11.3 Å². The van der Waals surface area contributed by atoms with Crippen molar-refractivity contribution < 1.29 is 0 Å². The van der Waals surface area contributed by atoms with Crippen molar-refractivity contribution in [3.8, 4) is 6.07 Å². The lowest BCUT2D eigenvalue weighted by atomic mass is 10.1. The zero-order chi connectivity index (χ0) is 12.6. The van der Waals surface area contributed by atoms with Gasteiger partial charge in [-0.15, -0.1) is 11.3 Å². The molecule has 0 bridgehead atoms. The van der Waals surface area contributed by atoms with E-state index in [9.17, 15) is 5.26 Å². The van der Waals surface area contributed by atoms with Gasteiger partial charge in [0.1, 0.15) is 6.04 Å². The van der Waals surface area contributed by atoms with Gasteiger partial charge in [0.05, 0.1) is 17.5 Å². The van der Waals surface area contributed by atoms with Crippen LogP contribution in [0.15, 0.2) is 5.38 Å². The second kappa shape index (κ2) is 4.47. The molecule has 0 amide bonds. The average molecular weight is 248 g/mol. The Hall–Kier alpha value is -1.38. The quantitative estimate of drug-likeness (QED) is 0.908. The van der Waals surface area contributed by atoms with Crippen LogP contribution in [0.25, 0.3) is 4.96 Å². The van der Waals surface area contributed by atoms with Gasteiger partial charge >= 0.3 is 0 Å². The fourth-order valence-corrected chi connectivity index (χ4v) is 2.89. The first-order valence-electron chi connectivity index (χ1n) is 5.63. The Morgan fingerprint density at radius 3 is 2.76 bits per heavy atom. The number of hydrogen-bond acceptors (Lipinski definition) is 4. The van der Waals surface area contributed by atoms with Crippen molar-refractivity contribution in [2.45, 2.75) is 39.8 Å². The Kier molecular flexibility index (Phi) is 3.18. The van der Waals surface area contributed by atoms with Gasteiger partial charge in [-0.25, -0.2) is 4.98 Å². The van der Waals surface area contributed by atoms with E-state index < -0.39 is 0 Å². The summed E-state index contributed by atoms with van der Waals surface area (Å²) in [6.45, 7) is 8.08. The van der Waals surface area contributed by atoms with E-state index in [-0.39, 0.29) is 12.1 Å². The molecule has 0 saturated heterocycles. The van der Waals surface area contributed by atoms with Gasteiger partial charge in [0.15, 0.2) is 4.96 Å². The highest BCUT2D eigenvalue weighted by atomic mass is 32.1. The summed E-state index contributed by atoms with van der Waals surface area (Å²) in [4.78, 5) is 5.46. The molecule has 2 rings (SSSR count). The number of nitrogens with zero attached hydrogens (tertiary/aromatic N) is 3. The zero-order valence-electron chi connectivity index (χ0n) is 10.5. The molecule has 2 heterocycles. The van der Waals surface area contributed by atoms with E-state index in [0.29, 0.717) is 0 Å². The van der Waals surface area contributed by atoms with E-state index >= 15 is 0 Å². The number of aryl methyl sites for hydroxylation is 2. The van der Waals surface area contributed by atoms with Gasteiger partial charge in [0.25, 0.3) is 0 Å². The first-order valence-corrected chi connectivity index (χ1v) is 6.51. The van der Waals surface area contributed by atoms with Crippen molar-refractivity contribution in [1.29, 1.82) is 5.26 Å². The van der Waals surface area contributed by atoms with Crippen LogP contribution in [0.5, 0.6) is 0 Å². The highest BCUT2D eigenvalue weighted by Gasteiger charge is 2.21. The summed E-state index contributed by atoms with van der Waals surface area (Å²) in [5, 5.41) is 14.6. The summed E-state index contributed by atoms with van der Waals surface area (Å²) >= 11 is 1.61. The van der Waals surface area contributed by atoms with Crippen LogP contribution in [0.1, 0.15) is 37.0 Å². The summed E-state index contributed by atoms with van der Waals surface area (Å²) in [6.07, 6.45) is 0.